The van der Waals surface area contributed by atoms with Crippen molar-refractivity contribution >= 4 is 5.91 Å². The second kappa shape index (κ2) is 8.13. The van der Waals surface area contributed by atoms with Gasteiger partial charge in [0.05, 0.1) is 12.6 Å². The zero-order chi connectivity index (χ0) is 17.7. The zero-order valence-electron chi connectivity index (χ0n) is 15.0. The molecule has 0 radical (unpaired) electrons. The summed E-state index contributed by atoms with van der Waals surface area (Å²) in [4.78, 5) is 12.9. The number of carbonyl (C=O) groups is 1. The molecule has 4 nitrogen and oxygen atoms in total. The maximum absolute atomic E-state index is 12.9. The van der Waals surface area contributed by atoms with E-state index in [1.165, 1.54) is 0 Å². The molecule has 0 aliphatic heterocycles. The topological polar surface area (TPSA) is 69.6 Å². The van der Waals surface area contributed by atoms with Gasteiger partial charge >= 0.3 is 0 Å². The van der Waals surface area contributed by atoms with E-state index in [1.807, 2.05) is 30.3 Å². The average molecular weight is 333 g/mol. The second-order valence-corrected chi connectivity index (χ2v) is 7.70. The van der Waals surface area contributed by atoms with Crippen LogP contribution in [0.15, 0.2) is 30.3 Å². The maximum Gasteiger partial charge on any atom is 0.252 e. The van der Waals surface area contributed by atoms with E-state index in [0.29, 0.717) is 18.8 Å². The summed E-state index contributed by atoms with van der Waals surface area (Å²) in [5, 5.41) is 23.7. The lowest BCUT2D eigenvalue weighted by Crippen LogP contribution is -2.58. The first-order chi connectivity index (χ1) is 11.4. The van der Waals surface area contributed by atoms with Gasteiger partial charge in [-0.2, -0.15) is 0 Å². The summed E-state index contributed by atoms with van der Waals surface area (Å²) in [6.07, 6.45) is 2.96. The van der Waals surface area contributed by atoms with E-state index in [4.69, 9.17) is 0 Å². The van der Waals surface area contributed by atoms with Crippen molar-refractivity contribution in [2.24, 2.45) is 17.8 Å². The van der Waals surface area contributed by atoms with E-state index in [1.54, 1.807) is 0 Å². The third-order valence-electron chi connectivity index (χ3n) is 5.32. The Labute approximate surface area is 145 Å². The molecule has 1 aliphatic carbocycles. The van der Waals surface area contributed by atoms with Gasteiger partial charge in [-0.25, -0.2) is 0 Å². The number of carbonyl (C=O) groups excluding carboxylic acids is 1. The zero-order valence-corrected chi connectivity index (χ0v) is 15.0. The molecule has 24 heavy (non-hydrogen) atoms. The predicted octanol–water partition coefficient (Wildman–Crippen LogP) is 2.53. The molecule has 4 atom stereocenters. The van der Waals surface area contributed by atoms with Crippen LogP contribution in [0.1, 0.15) is 45.6 Å². The first kappa shape index (κ1) is 18.9. The van der Waals surface area contributed by atoms with Gasteiger partial charge in [-0.15, -0.1) is 0 Å². The summed E-state index contributed by atoms with van der Waals surface area (Å²) in [6.45, 7) is 6.07. The lowest BCUT2D eigenvalue weighted by atomic mass is 9.66. The Hall–Kier alpha value is -1.39. The smallest absolute Gasteiger partial charge is 0.252 e. The number of aliphatic hydroxyl groups is 2. The number of benzene rings is 1. The van der Waals surface area contributed by atoms with E-state index in [-0.39, 0.29) is 30.4 Å². The van der Waals surface area contributed by atoms with Gasteiger partial charge in [-0.1, -0.05) is 57.5 Å². The summed E-state index contributed by atoms with van der Waals surface area (Å²) in [6, 6.07) is 9.39. The molecule has 1 saturated carbocycles. The Balaban J connectivity index is 2.09. The molecule has 1 fully saturated rings. The lowest BCUT2D eigenvalue weighted by molar-refractivity contribution is -0.156. The highest BCUT2D eigenvalue weighted by atomic mass is 16.3. The number of amides is 1. The van der Waals surface area contributed by atoms with Crippen molar-refractivity contribution in [3.8, 4) is 0 Å². The van der Waals surface area contributed by atoms with E-state index < -0.39 is 5.60 Å². The van der Waals surface area contributed by atoms with Crippen LogP contribution in [0.2, 0.25) is 0 Å². The van der Waals surface area contributed by atoms with Gasteiger partial charge in [0, 0.05) is 0 Å². The summed E-state index contributed by atoms with van der Waals surface area (Å²) >= 11 is 0. The van der Waals surface area contributed by atoms with Crippen molar-refractivity contribution in [3.63, 3.8) is 0 Å². The summed E-state index contributed by atoms with van der Waals surface area (Å²) in [5.41, 5.74) is -0.281. The van der Waals surface area contributed by atoms with Crippen molar-refractivity contribution < 1.29 is 15.0 Å². The van der Waals surface area contributed by atoms with E-state index >= 15 is 0 Å². The predicted molar refractivity (Wildman–Crippen MR) is 95.5 cm³/mol. The molecule has 4 heteroatoms. The van der Waals surface area contributed by atoms with Crippen LogP contribution >= 0.6 is 0 Å². The number of rotatable bonds is 6. The van der Waals surface area contributed by atoms with Gasteiger partial charge in [-0.05, 0) is 42.6 Å². The lowest BCUT2D eigenvalue weighted by Gasteiger charge is -2.43. The Morgan fingerprint density at radius 1 is 1.29 bits per heavy atom. The molecular weight excluding hydrogens is 302 g/mol. The number of hydrogen-bond acceptors (Lipinski definition) is 3. The summed E-state index contributed by atoms with van der Waals surface area (Å²) in [5.74, 6) is 0.208. The maximum atomic E-state index is 12.9. The molecule has 134 valence electrons. The van der Waals surface area contributed by atoms with Crippen LogP contribution in [0.3, 0.4) is 0 Å². The third kappa shape index (κ3) is 4.37. The number of hydrogen-bond donors (Lipinski definition) is 3. The molecule has 1 aliphatic rings. The Kier molecular flexibility index (Phi) is 6.41. The molecule has 1 aromatic carbocycles. The van der Waals surface area contributed by atoms with Gasteiger partial charge in [0.25, 0.3) is 5.91 Å². The normalized spacial score (nSPS) is 28.6. The average Bonchev–Trinajstić information content (AvgIpc) is 2.54. The molecule has 0 spiro atoms. The molecule has 0 saturated heterocycles. The van der Waals surface area contributed by atoms with Gasteiger partial charge in [-0.3, -0.25) is 4.79 Å². The fraction of sp³-hybridized carbons (Fsp3) is 0.650. The van der Waals surface area contributed by atoms with Crippen LogP contribution in [-0.2, 0) is 11.2 Å². The fourth-order valence-electron chi connectivity index (χ4n) is 4.00. The number of nitrogens with one attached hydrogen (secondary N) is 1. The number of aliphatic hydroxyl groups excluding tert-OH is 1. The first-order valence-electron chi connectivity index (χ1n) is 9.05. The molecule has 0 bridgehead atoms. The largest absolute Gasteiger partial charge is 0.394 e. The van der Waals surface area contributed by atoms with Crippen LogP contribution in [0, 0.1) is 17.8 Å². The van der Waals surface area contributed by atoms with Gasteiger partial charge < -0.3 is 15.5 Å². The molecule has 0 aromatic heterocycles. The van der Waals surface area contributed by atoms with Crippen molar-refractivity contribution in [2.75, 3.05) is 6.61 Å². The third-order valence-corrected chi connectivity index (χ3v) is 5.32. The van der Waals surface area contributed by atoms with Crippen LogP contribution in [-0.4, -0.2) is 34.4 Å². The SMILES string of the molecule is CC(C)[C@@H]1CC[C@@H](C)C[C@@]1(O)C(=O)N[C@@H](CO)Cc1ccccc1. The molecular formula is C20H31NO3. The highest BCUT2D eigenvalue weighted by molar-refractivity contribution is 5.85. The minimum Gasteiger partial charge on any atom is -0.394 e. The summed E-state index contributed by atoms with van der Waals surface area (Å²) < 4.78 is 0. The molecule has 1 aromatic rings. The molecule has 0 heterocycles. The van der Waals surface area contributed by atoms with Crippen LogP contribution in [0.4, 0.5) is 0 Å². The highest BCUT2D eigenvalue weighted by Gasteiger charge is 2.48. The van der Waals surface area contributed by atoms with Crippen molar-refractivity contribution in [1.82, 2.24) is 5.32 Å². The minimum atomic E-state index is -1.34. The van der Waals surface area contributed by atoms with E-state index in [2.05, 4.69) is 26.1 Å². The van der Waals surface area contributed by atoms with Crippen LogP contribution in [0.25, 0.3) is 0 Å². The molecule has 1 amide bonds. The monoisotopic (exact) mass is 333 g/mol. The molecule has 2 rings (SSSR count). The van der Waals surface area contributed by atoms with Gasteiger partial charge in [0.15, 0.2) is 0 Å². The first-order valence-corrected chi connectivity index (χ1v) is 9.05. The highest BCUT2D eigenvalue weighted by Crippen LogP contribution is 2.41. The van der Waals surface area contributed by atoms with Crippen LogP contribution in [0.5, 0.6) is 0 Å². The van der Waals surface area contributed by atoms with Crippen molar-refractivity contribution in [3.05, 3.63) is 35.9 Å². The molecule has 3 N–H and O–H groups in total. The van der Waals surface area contributed by atoms with Gasteiger partial charge in [0.2, 0.25) is 0 Å². The minimum absolute atomic E-state index is 0.0373. The van der Waals surface area contributed by atoms with E-state index in [0.717, 1.165) is 18.4 Å². The van der Waals surface area contributed by atoms with E-state index in [9.17, 15) is 15.0 Å². The standard InChI is InChI=1S/C20H31NO3/c1-14(2)18-10-9-15(3)12-20(18,24)19(23)21-17(13-22)11-16-7-5-4-6-8-16/h4-8,14-15,17-18,22,24H,9-13H2,1-3H3,(H,21,23)/t15-,17-,18+,20+/m1/s1. The summed E-state index contributed by atoms with van der Waals surface area (Å²) in [7, 11) is 0. The fourth-order valence-corrected chi connectivity index (χ4v) is 4.00. The van der Waals surface area contributed by atoms with Crippen LogP contribution < -0.4 is 5.32 Å². The van der Waals surface area contributed by atoms with Crippen molar-refractivity contribution in [2.45, 2.75) is 58.1 Å². The second-order valence-electron chi connectivity index (χ2n) is 7.70. The quantitative estimate of drug-likeness (QED) is 0.749. The van der Waals surface area contributed by atoms with Gasteiger partial charge in [0.1, 0.15) is 5.60 Å². The Morgan fingerprint density at radius 2 is 1.96 bits per heavy atom. The van der Waals surface area contributed by atoms with Crippen molar-refractivity contribution in [1.29, 1.82) is 0 Å². The molecule has 0 unspecified atom stereocenters. The Bertz CT molecular complexity index is 531. The Morgan fingerprint density at radius 3 is 2.54 bits per heavy atom.